The fourth-order valence-corrected chi connectivity index (χ4v) is 4.79. The first-order valence-electron chi connectivity index (χ1n) is 9.53. The molecule has 2 aliphatic rings. The fourth-order valence-electron chi connectivity index (χ4n) is 3.66. The number of hydrogen-bond acceptors (Lipinski definition) is 3. The lowest BCUT2D eigenvalue weighted by molar-refractivity contribution is 0.306. The predicted molar refractivity (Wildman–Crippen MR) is 106 cm³/mol. The van der Waals surface area contributed by atoms with E-state index in [4.69, 9.17) is 0 Å². The van der Waals surface area contributed by atoms with Crippen LogP contribution >= 0.6 is 0 Å². The van der Waals surface area contributed by atoms with Crippen LogP contribution in [0, 0.1) is 5.92 Å². The Morgan fingerprint density at radius 2 is 1.92 bits per heavy atom. The minimum absolute atomic E-state index is 0.179. The predicted octanol–water partition coefficient (Wildman–Crippen LogP) is 1.77. The normalized spacial score (nSPS) is 25.1. The standard InChI is InChI=1S/C19H30N4O2S/c1-3-26(24,25)23-11-9-17(10-12-23)22-19(20-2)21-14-16-13-18(16)15-7-5-4-6-8-15/h4-8,16-18H,3,9-14H2,1-2H3,(H2,20,21,22). The smallest absolute Gasteiger partial charge is 0.213 e. The van der Waals surface area contributed by atoms with Gasteiger partial charge in [0.1, 0.15) is 0 Å². The molecule has 0 bridgehead atoms. The van der Waals surface area contributed by atoms with Crippen LogP contribution in [0.4, 0.5) is 0 Å². The number of guanidine groups is 1. The average molecular weight is 379 g/mol. The SMILES string of the molecule is CCS(=O)(=O)N1CCC(NC(=NC)NCC2CC2c2ccccc2)CC1. The number of aliphatic imine (C=N–C) groups is 1. The van der Waals surface area contributed by atoms with Crippen molar-refractivity contribution in [1.29, 1.82) is 0 Å². The van der Waals surface area contributed by atoms with Crippen LogP contribution in [-0.4, -0.2) is 57.2 Å². The van der Waals surface area contributed by atoms with Crippen LogP contribution in [0.3, 0.4) is 0 Å². The molecule has 6 nitrogen and oxygen atoms in total. The largest absolute Gasteiger partial charge is 0.356 e. The minimum atomic E-state index is -3.06. The van der Waals surface area contributed by atoms with Gasteiger partial charge < -0.3 is 10.6 Å². The van der Waals surface area contributed by atoms with Gasteiger partial charge in [0, 0.05) is 32.7 Å². The first-order chi connectivity index (χ1) is 12.5. The van der Waals surface area contributed by atoms with Crippen LogP contribution in [0.15, 0.2) is 35.3 Å². The highest BCUT2D eigenvalue weighted by Gasteiger charge is 2.38. The van der Waals surface area contributed by atoms with Crippen molar-refractivity contribution in [2.75, 3.05) is 32.4 Å². The molecule has 26 heavy (non-hydrogen) atoms. The minimum Gasteiger partial charge on any atom is -0.356 e. The maximum Gasteiger partial charge on any atom is 0.213 e. The van der Waals surface area contributed by atoms with E-state index in [-0.39, 0.29) is 11.8 Å². The van der Waals surface area contributed by atoms with Gasteiger partial charge in [-0.25, -0.2) is 12.7 Å². The zero-order chi connectivity index (χ0) is 18.6. The summed E-state index contributed by atoms with van der Waals surface area (Å²) >= 11 is 0. The van der Waals surface area contributed by atoms with E-state index in [1.807, 2.05) is 0 Å². The molecule has 1 aromatic carbocycles. The van der Waals surface area contributed by atoms with E-state index in [0.29, 0.717) is 24.9 Å². The lowest BCUT2D eigenvalue weighted by Gasteiger charge is -2.32. The highest BCUT2D eigenvalue weighted by Crippen LogP contribution is 2.46. The van der Waals surface area contributed by atoms with E-state index in [1.54, 1.807) is 18.3 Å². The van der Waals surface area contributed by atoms with E-state index in [0.717, 1.165) is 25.3 Å². The molecular formula is C19H30N4O2S. The molecule has 1 aliphatic carbocycles. The number of sulfonamides is 1. The number of hydrogen-bond donors (Lipinski definition) is 2. The number of nitrogens with zero attached hydrogens (tertiary/aromatic N) is 2. The third-order valence-electron chi connectivity index (χ3n) is 5.46. The fraction of sp³-hybridized carbons (Fsp3) is 0.632. The molecule has 0 amide bonds. The molecule has 1 aromatic rings. The van der Waals surface area contributed by atoms with Gasteiger partial charge >= 0.3 is 0 Å². The summed E-state index contributed by atoms with van der Waals surface area (Å²) in [6.45, 7) is 3.79. The van der Waals surface area contributed by atoms with Crippen LogP contribution in [0.25, 0.3) is 0 Å². The van der Waals surface area contributed by atoms with Gasteiger partial charge in [0.15, 0.2) is 5.96 Å². The molecule has 0 spiro atoms. The van der Waals surface area contributed by atoms with Gasteiger partial charge in [-0.05, 0) is 43.6 Å². The van der Waals surface area contributed by atoms with Gasteiger partial charge in [-0.1, -0.05) is 30.3 Å². The molecule has 1 heterocycles. The van der Waals surface area contributed by atoms with Crippen molar-refractivity contribution in [3.63, 3.8) is 0 Å². The molecule has 1 saturated carbocycles. The van der Waals surface area contributed by atoms with E-state index >= 15 is 0 Å². The van der Waals surface area contributed by atoms with Crippen molar-refractivity contribution < 1.29 is 8.42 Å². The topological polar surface area (TPSA) is 73.8 Å². The molecule has 1 aliphatic heterocycles. The van der Waals surface area contributed by atoms with Crippen LogP contribution < -0.4 is 10.6 Å². The second kappa shape index (κ2) is 8.39. The molecule has 1 saturated heterocycles. The first kappa shape index (κ1) is 19.2. The Balaban J connectivity index is 1.41. The van der Waals surface area contributed by atoms with Crippen molar-refractivity contribution in [3.05, 3.63) is 35.9 Å². The zero-order valence-corrected chi connectivity index (χ0v) is 16.5. The first-order valence-corrected chi connectivity index (χ1v) is 11.1. The van der Waals surface area contributed by atoms with Gasteiger partial charge in [-0.3, -0.25) is 4.99 Å². The third kappa shape index (κ3) is 4.76. The van der Waals surface area contributed by atoms with Gasteiger partial charge in [0.25, 0.3) is 0 Å². The van der Waals surface area contributed by atoms with Crippen LogP contribution in [0.5, 0.6) is 0 Å². The van der Waals surface area contributed by atoms with Crippen molar-refractivity contribution >= 4 is 16.0 Å². The highest BCUT2D eigenvalue weighted by molar-refractivity contribution is 7.89. The summed E-state index contributed by atoms with van der Waals surface area (Å²) in [4.78, 5) is 4.33. The van der Waals surface area contributed by atoms with Crippen molar-refractivity contribution in [2.45, 2.75) is 38.1 Å². The molecule has 0 aromatic heterocycles. The van der Waals surface area contributed by atoms with Crippen LogP contribution in [-0.2, 0) is 10.0 Å². The van der Waals surface area contributed by atoms with Gasteiger partial charge in [-0.2, -0.15) is 0 Å². The summed E-state index contributed by atoms with van der Waals surface area (Å²) in [7, 11) is -1.28. The number of nitrogens with one attached hydrogen (secondary N) is 2. The Morgan fingerprint density at radius 1 is 1.23 bits per heavy atom. The average Bonchev–Trinajstić information content (AvgIpc) is 3.46. The Hall–Kier alpha value is -1.60. The number of benzene rings is 1. The molecule has 3 rings (SSSR count). The van der Waals surface area contributed by atoms with Crippen molar-refractivity contribution in [2.24, 2.45) is 10.9 Å². The summed E-state index contributed by atoms with van der Waals surface area (Å²) in [6.07, 6.45) is 2.85. The molecule has 2 atom stereocenters. The van der Waals surface area contributed by atoms with Gasteiger partial charge in [-0.15, -0.1) is 0 Å². The van der Waals surface area contributed by atoms with Crippen molar-refractivity contribution in [3.8, 4) is 0 Å². The summed E-state index contributed by atoms with van der Waals surface area (Å²) in [5, 5.41) is 6.89. The van der Waals surface area contributed by atoms with Gasteiger partial charge in [0.05, 0.1) is 5.75 Å². The number of piperidine rings is 1. The zero-order valence-electron chi connectivity index (χ0n) is 15.7. The maximum absolute atomic E-state index is 11.9. The maximum atomic E-state index is 11.9. The van der Waals surface area contributed by atoms with E-state index in [1.165, 1.54) is 12.0 Å². The molecule has 2 fully saturated rings. The summed E-state index contributed by atoms with van der Waals surface area (Å²) in [5.41, 5.74) is 1.42. The van der Waals surface area contributed by atoms with Gasteiger partial charge in [0.2, 0.25) is 10.0 Å². The monoisotopic (exact) mass is 378 g/mol. The number of rotatable bonds is 6. The van der Waals surface area contributed by atoms with Crippen molar-refractivity contribution in [1.82, 2.24) is 14.9 Å². The lowest BCUT2D eigenvalue weighted by Crippen LogP contribution is -2.50. The lowest BCUT2D eigenvalue weighted by atomic mass is 10.1. The molecule has 0 radical (unpaired) electrons. The highest BCUT2D eigenvalue weighted by atomic mass is 32.2. The molecule has 144 valence electrons. The summed E-state index contributed by atoms with van der Waals surface area (Å²) in [6, 6.07) is 10.9. The summed E-state index contributed by atoms with van der Waals surface area (Å²) in [5.74, 6) is 2.32. The Bertz CT molecular complexity index is 712. The Kier molecular flexibility index (Phi) is 6.19. The Labute approximate surface area is 157 Å². The Morgan fingerprint density at radius 3 is 2.54 bits per heavy atom. The van der Waals surface area contributed by atoms with E-state index < -0.39 is 10.0 Å². The van der Waals surface area contributed by atoms with Crippen LogP contribution in [0.1, 0.15) is 37.7 Å². The molecule has 2 unspecified atom stereocenters. The van der Waals surface area contributed by atoms with E-state index in [2.05, 4.69) is 46.0 Å². The third-order valence-corrected chi connectivity index (χ3v) is 7.34. The second-order valence-corrected chi connectivity index (χ2v) is 9.44. The summed E-state index contributed by atoms with van der Waals surface area (Å²) < 4.78 is 25.5. The second-order valence-electron chi connectivity index (χ2n) is 7.18. The van der Waals surface area contributed by atoms with Crippen LogP contribution in [0.2, 0.25) is 0 Å². The molecule has 7 heteroatoms. The molecular weight excluding hydrogens is 348 g/mol. The quantitative estimate of drug-likeness (QED) is 0.584. The molecule has 2 N–H and O–H groups in total. The van der Waals surface area contributed by atoms with E-state index in [9.17, 15) is 8.42 Å².